The summed E-state index contributed by atoms with van der Waals surface area (Å²) in [4.78, 5) is 33.8. The number of unbranched alkanes of at least 4 members (excludes halogenated alkanes) is 2. The van der Waals surface area contributed by atoms with E-state index >= 15 is 0 Å². The Morgan fingerprint density at radius 1 is 1.05 bits per heavy atom. The van der Waals surface area contributed by atoms with Crippen molar-refractivity contribution in [1.29, 1.82) is 0 Å². The molecule has 0 saturated carbocycles. The number of hydrogen-bond acceptors (Lipinski definition) is 3. The summed E-state index contributed by atoms with van der Waals surface area (Å²) in [6.45, 7) is 2.17. The van der Waals surface area contributed by atoms with E-state index in [2.05, 4.69) is 17.6 Å². The zero-order valence-electron chi connectivity index (χ0n) is 12.7. The van der Waals surface area contributed by atoms with E-state index in [1.807, 2.05) is 0 Å². The Morgan fingerprint density at radius 3 is 2.32 bits per heavy atom. The number of carboxylic acid groups (broad SMARTS) is 1. The van der Waals surface area contributed by atoms with Crippen LogP contribution in [0.25, 0.3) is 0 Å². The topological polar surface area (TPSA) is 95.5 Å². The molecule has 6 heteroatoms. The van der Waals surface area contributed by atoms with E-state index in [1.54, 1.807) is 24.3 Å². The average Bonchev–Trinajstić information content (AvgIpc) is 2.47. The van der Waals surface area contributed by atoms with Crippen molar-refractivity contribution in [3.05, 3.63) is 29.8 Å². The van der Waals surface area contributed by atoms with Gasteiger partial charge in [-0.05, 0) is 30.7 Å². The highest BCUT2D eigenvalue weighted by molar-refractivity contribution is 5.95. The van der Waals surface area contributed by atoms with Gasteiger partial charge in [-0.25, -0.2) is 0 Å². The van der Waals surface area contributed by atoms with Crippen LogP contribution in [0.1, 0.15) is 49.4 Å². The van der Waals surface area contributed by atoms with Crippen LogP contribution in [0.5, 0.6) is 0 Å². The second-order valence-electron chi connectivity index (χ2n) is 4.98. The van der Waals surface area contributed by atoms with Gasteiger partial charge >= 0.3 is 5.97 Å². The van der Waals surface area contributed by atoms with Gasteiger partial charge in [0.2, 0.25) is 5.91 Å². The Hall–Kier alpha value is -2.37. The van der Waals surface area contributed by atoms with Crippen LogP contribution in [0.4, 0.5) is 5.69 Å². The van der Waals surface area contributed by atoms with Crippen LogP contribution >= 0.6 is 0 Å². The number of anilines is 1. The lowest BCUT2D eigenvalue weighted by Crippen LogP contribution is -2.25. The van der Waals surface area contributed by atoms with Crippen LogP contribution in [0.3, 0.4) is 0 Å². The number of nitrogens with one attached hydrogen (secondary N) is 2. The van der Waals surface area contributed by atoms with E-state index < -0.39 is 5.97 Å². The number of carbonyl (C=O) groups is 3. The van der Waals surface area contributed by atoms with E-state index in [0.717, 1.165) is 19.3 Å². The maximum absolute atomic E-state index is 11.7. The summed E-state index contributed by atoms with van der Waals surface area (Å²) in [7, 11) is 0. The third kappa shape index (κ3) is 6.88. The summed E-state index contributed by atoms with van der Waals surface area (Å²) in [5.41, 5.74) is 1.07. The number of amides is 2. The molecule has 22 heavy (non-hydrogen) atoms. The average molecular weight is 306 g/mol. The highest BCUT2D eigenvalue weighted by Gasteiger charge is 2.07. The van der Waals surface area contributed by atoms with Crippen molar-refractivity contribution < 1.29 is 19.5 Å². The fourth-order valence-corrected chi connectivity index (χ4v) is 1.85. The smallest absolute Gasteiger partial charge is 0.305 e. The molecule has 1 aromatic carbocycles. The Morgan fingerprint density at radius 2 is 1.73 bits per heavy atom. The quantitative estimate of drug-likeness (QED) is 0.610. The third-order valence-electron chi connectivity index (χ3n) is 3.06. The van der Waals surface area contributed by atoms with Crippen LogP contribution in [0.15, 0.2) is 24.3 Å². The van der Waals surface area contributed by atoms with E-state index in [-0.39, 0.29) is 24.8 Å². The lowest BCUT2D eigenvalue weighted by atomic mass is 10.1. The molecule has 0 unspecified atom stereocenters. The molecule has 3 N–H and O–H groups in total. The van der Waals surface area contributed by atoms with Crippen molar-refractivity contribution in [1.82, 2.24) is 5.32 Å². The fourth-order valence-electron chi connectivity index (χ4n) is 1.85. The van der Waals surface area contributed by atoms with Gasteiger partial charge < -0.3 is 15.7 Å². The first-order valence-corrected chi connectivity index (χ1v) is 7.43. The number of aliphatic carboxylic acids is 1. The highest BCUT2D eigenvalue weighted by Crippen LogP contribution is 2.11. The molecular weight excluding hydrogens is 284 g/mol. The van der Waals surface area contributed by atoms with Crippen molar-refractivity contribution in [2.45, 2.75) is 39.0 Å². The molecule has 0 bridgehead atoms. The molecule has 2 amide bonds. The summed E-state index contributed by atoms with van der Waals surface area (Å²) in [6, 6.07) is 6.50. The standard InChI is InChI=1S/C16H22N2O4/c1-2-3-4-5-14(19)18-13-8-6-12(7-9-13)16(22)17-11-10-15(20)21/h6-9H,2-5,10-11H2,1H3,(H,17,22)(H,18,19)(H,20,21). The van der Waals surface area contributed by atoms with E-state index in [0.29, 0.717) is 17.7 Å². The largest absolute Gasteiger partial charge is 0.481 e. The molecule has 1 aromatic rings. The monoisotopic (exact) mass is 306 g/mol. The normalized spacial score (nSPS) is 10.0. The minimum atomic E-state index is -0.957. The number of carboxylic acids is 1. The third-order valence-corrected chi connectivity index (χ3v) is 3.06. The highest BCUT2D eigenvalue weighted by atomic mass is 16.4. The minimum absolute atomic E-state index is 0.0351. The maximum Gasteiger partial charge on any atom is 0.305 e. The first-order valence-electron chi connectivity index (χ1n) is 7.43. The molecule has 6 nitrogen and oxygen atoms in total. The van der Waals surface area contributed by atoms with Gasteiger partial charge in [0.15, 0.2) is 0 Å². The van der Waals surface area contributed by atoms with Crippen LogP contribution in [-0.4, -0.2) is 29.4 Å². The number of carbonyl (C=O) groups excluding carboxylic acids is 2. The molecule has 0 heterocycles. The summed E-state index contributed by atoms with van der Waals surface area (Å²) in [6.07, 6.45) is 3.34. The predicted molar refractivity (Wildman–Crippen MR) is 83.8 cm³/mol. The van der Waals surface area contributed by atoms with Crippen LogP contribution in [0.2, 0.25) is 0 Å². The molecule has 0 spiro atoms. The van der Waals surface area contributed by atoms with E-state index in [4.69, 9.17) is 5.11 Å². The lowest BCUT2D eigenvalue weighted by molar-refractivity contribution is -0.136. The summed E-state index contributed by atoms with van der Waals surface area (Å²) in [5.74, 6) is -1.32. The van der Waals surface area contributed by atoms with E-state index in [9.17, 15) is 14.4 Å². The minimum Gasteiger partial charge on any atom is -0.481 e. The molecule has 0 radical (unpaired) electrons. The maximum atomic E-state index is 11.7. The Kier molecular flexibility index (Phi) is 7.67. The molecule has 0 atom stereocenters. The van der Waals surface area contributed by atoms with Gasteiger partial charge in [0.25, 0.3) is 5.91 Å². The molecular formula is C16H22N2O4. The first kappa shape index (κ1) is 17.7. The van der Waals surface area contributed by atoms with Gasteiger partial charge in [0.05, 0.1) is 6.42 Å². The summed E-state index contributed by atoms with van der Waals surface area (Å²) >= 11 is 0. The molecule has 0 fully saturated rings. The second-order valence-corrected chi connectivity index (χ2v) is 4.98. The number of rotatable bonds is 9. The van der Waals surface area contributed by atoms with Gasteiger partial charge in [-0.2, -0.15) is 0 Å². The van der Waals surface area contributed by atoms with Gasteiger partial charge in [-0.1, -0.05) is 19.8 Å². The molecule has 120 valence electrons. The van der Waals surface area contributed by atoms with Crippen LogP contribution in [-0.2, 0) is 9.59 Å². The van der Waals surface area contributed by atoms with Crippen molar-refractivity contribution in [3.63, 3.8) is 0 Å². The summed E-state index contributed by atoms with van der Waals surface area (Å²) < 4.78 is 0. The molecule has 0 saturated heterocycles. The number of benzene rings is 1. The predicted octanol–water partition coefficient (Wildman–Crippen LogP) is 2.41. The fraction of sp³-hybridized carbons (Fsp3) is 0.438. The molecule has 0 aliphatic heterocycles. The molecule has 0 aliphatic carbocycles. The van der Waals surface area contributed by atoms with Crippen molar-refractivity contribution >= 4 is 23.5 Å². The Labute approximate surface area is 129 Å². The summed E-state index contributed by atoms with van der Waals surface area (Å²) in [5, 5.41) is 13.8. The Bertz CT molecular complexity index is 511. The van der Waals surface area contributed by atoms with Crippen molar-refractivity contribution in [2.75, 3.05) is 11.9 Å². The SMILES string of the molecule is CCCCCC(=O)Nc1ccc(C(=O)NCCC(=O)O)cc1. The van der Waals surface area contributed by atoms with Crippen molar-refractivity contribution in [3.8, 4) is 0 Å². The number of hydrogen-bond donors (Lipinski definition) is 3. The zero-order chi connectivity index (χ0) is 16.4. The van der Waals surface area contributed by atoms with E-state index in [1.165, 1.54) is 0 Å². The second kappa shape index (κ2) is 9.55. The molecule has 1 rings (SSSR count). The zero-order valence-corrected chi connectivity index (χ0v) is 12.7. The van der Waals surface area contributed by atoms with Crippen LogP contribution in [0, 0.1) is 0 Å². The molecule has 0 aliphatic rings. The van der Waals surface area contributed by atoms with Crippen LogP contribution < -0.4 is 10.6 Å². The van der Waals surface area contributed by atoms with Gasteiger partial charge in [0.1, 0.15) is 0 Å². The van der Waals surface area contributed by atoms with Gasteiger partial charge in [-0.3, -0.25) is 14.4 Å². The van der Waals surface area contributed by atoms with Gasteiger partial charge in [0, 0.05) is 24.2 Å². The van der Waals surface area contributed by atoms with Crippen molar-refractivity contribution in [2.24, 2.45) is 0 Å². The Balaban J connectivity index is 2.43. The first-order chi connectivity index (χ1) is 10.5. The lowest BCUT2D eigenvalue weighted by Gasteiger charge is -2.07. The molecule has 0 aromatic heterocycles. The van der Waals surface area contributed by atoms with Gasteiger partial charge in [-0.15, -0.1) is 0 Å².